The monoisotopic (exact) mass is 304 g/mol. The first-order valence-electron chi connectivity index (χ1n) is 6.74. The lowest BCUT2D eigenvalue weighted by Crippen LogP contribution is -2.33. The van der Waals surface area contributed by atoms with Crippen LogP contribution >= 0.6 is 11.3 Å². The summed E-state index contributed by atoms with van der Waals surface area (Å²) in [4.78, 5) is 1.27. The molecule has 0 aliphatic heterocycles. The van der Waals surface area contributed by atoms with Gasteiger partial charge in [-0.15, -0.1) is 11.3 Å². The summed E-state index contributed by atoms with van der Waals surface area (Å²) in [7, 11) is -1.57. The Kier molecular flexibility index (Phi) is 6.99. The van der Waals surface area contributed by atoms with E-state index in [1.807, 2.05) is 19.4 Å². The number of nitrogens with one attached hydrogen (secondary N) is 2. The third-order valence-electron chi connectivity index (χ3n) is 2.93. The van der Waals surface area contributed by atoms with Gasteiger partial charge < -0.3 is 5.32 Å². The molecule has 1 aromatic rings. The number of unbranched alkanes of at least 4 members (excludes halogenated alkanes) is 2. The highest BCUT2D eigenvalue weighted by Gasteiger charge is 2.21. The second-order valence-electron chi connectivity index (χ2n) is 4.76. The fraction of sp³-hybridized carbons (Fsp3) is 0.692. The average Bonchev–Trinajstić information content (AvgIpc) is 2.78. The van der Waals surface area contributed by atoms with Gasteiger partial charge in [-0.25, -0.2) is 13.1 Å². The Balaban J connectivity index is 2.67. The van der Waals surface area contributed by atoms with Crippen LogP contribution < -0.4 is 10.0 Å². The van der Waals surface area contributed by atoms with E-state index in [0.717, 1.165) is 30.6 Å². The first kappa shape index (κ1) is 16.6. The Bertz CT molecular complexity index is 469. The van der Waals surface area contributed by atoms with Gasteiger partial charge in [-0.3, -0.25) is 0 Å². The largest absolute Gasteiger partial charge is 0.315 e. The van der Waals surface area contributed by atoms with E-state index < -0.39 is 10.0 Å². The molecule has 1 heterocycles. The van der Waals surface area contributed by atoms with E-state index in [1.54, 1.807) is 6.07 Å². The predicted molar refractivity (Wildman–Crippen MR) is 81.0 cm³/mol. The number of sulfonamides is 1. The summed E-state index contributed by atoms with van der Waals surface area (Å²) in [6.45, 7) is 4.65. The van der Waals surface area contributed by atoms with Crippen LogP contribution in [0, 0.1) is 0 Å². The van der Waals surface area contributed by atoms with Gasteiger partial charge in [0.05, 0.1) is 4.90 Å². The molecule has 19 heavy (non-hydrogen) atoms. The molecule has 0 bridgehead atoms. The first-order valence-corrected chi connectivity index (χ1v) is 9.10. The SMILES string of the molecule is CCCCCC(C)NS(=O)(=O)c1ccsc1CNC. The van der Waals surface area contributed by atoms with Gasteiger partial charge in [-0.05, 0) is 31.8 Å². The molecule has 0 fully saturated rings. The topological polar surface area (TPSA) is 58.2 Å². The lowest BCUT2D eigenvalue weighted by Gasteiger charge is -2.14. The van der Waals surface area contributed by atoms with Crippen molar-refractivity contribution in [2.75, 3.05) is 7.05 Å². The molecule has 0 radical (unpaired) electrons. The molecule has 0 aliphatic rings. The highest BCUT2D eigenvalue weighted by Crippen LogP contribution is 2.22. The summed E-state index contributed by atoms with van der Waals surface area (Å²) in [5.41, 5.74) is 0. The Labute approximate surface area is 120 Å². The van der Waals surface area contributed by atoms with Crippen molar-refractivity contribution in [1.29, 1.82) is 0 Å². The highest BCUT2D eigenvalue weighted by molar-refractivity contribution is 7.89. The van der Waals surface area contributed by atoms with Crippen molar-refractivity contribution in [3.8, 4) is 0 Å². The van der Waals surface area contributed by atoms with Crippen LogP contribution in [-0.2, 0) is 16.6 Å². The van der Waals surface area contributed by atoms with Crippen molar-refractivity contribution in [1.82, 2.24) is 10.0 Å². The van der Waals surface area contributed by atoms with Crippen molar-refractivity contribution < 1.29 is 8.42 Å². The minimum absolute atomic E-state index is 0.0149. The summed E-state index contributed by atoms with van der Waals surface area (Å²) in [5, 5.41) is 4.82. The molecule has 110 valence electrons. The van der Waals surface area contributed by atoms with Crippen LogP contribution in [-0.4, -0.2) is 21.5 Å². The fourth-order valence-electron chi connectivity index (χ4n) is 1.95. The van der Waals surface area contributed by atoms with Gasteiger partial charge in [0.2, 0.25) is 10.0 Å². The van der Waals surface area contributed by atoms with E-state index in [2.05, 4.69) is 17.0 Å². The molecule has 0 saturated heterocycles. The summed E-state index contributed by atoms with van der Waals surface area (Å²) in [6, 6.07) is 1.66. The van der Waals surface area contributed by atoms with Gasteiger partial charge in [0.25, 0.3) is 0 Å². The quantitative estimate of drug-likeness (QED) is 0.690. The van der Waals surface area contributed by atoms with E-state index in [4.69, 9.17) is 0 Å². The molecule has 0 amide bonds. The summed E-state index contributed by atoms with van der Waals surface area (Å²) >= 11 is 1.47. The Morgan fingerprint density at radius 3 is 2.74 bits per heavy atom. The molecule has 1 atom stereocenters. The van der Waals surface area contributed by atoms with E-state index in [0.29, 0.717) is 11.4 Å². The van der Waals surface area contributed by atoms with E-state index in [1.165, 1.54) is 11.3 Å². The van der Waals surface area contributed by atoms with Crippen LogP contribution in [0.15, 0.2) is 16.3 Å². The van der Waals surface area contributed by atoms with Gasteiger partial charge in [-0.1, -0.05) is 26.2 Å². The van der Waals surface area contributed by atoms with Crippen molar-refractivity contribution in [2.45, 2.75) is 57.0 Å². The van der Waals surface area contributed by atoms with Crippen LogP contribution in [0.3, 0.4) is 0 Å². The Morgan fingerprint density at radius 2 is 2.11 bits per heavy atom. The van der Waals surface area contributed by atoms with E-state index in [-0.39, 0.29) is 6.04 Å². The van der Waals surface area contributed by atoms with Crippen LogP contribution in [0.4, 0.5) is 0 Å². The van der Waals surface area contributed by atoms with Crippen LogP contribution in [0.25, 0.3) is 0 Å². The van der Waals surface area contributed by atoms with Crippen LogP contribution in [0.1, 0.15) is 44.4 Å². The third kappa shape index (κ3) is 5.22. The Hall–Kier alpha value is -0.430. The van der Waals surface area contributed by atoms with E-state index in [9.17, 15) is 8.42 Å². The number of thiophene rings is 1. The first-order chi connectivity index (χ1) is 9.01. The van der Waals surface area contributed by atoms with Crippen LogP contribution in [0.5, 0.6) is 0 Å². The number of hydrogen-bond donors (Lipinski definition) is 2. The molecule has 1 rings (SSSR count). The highest BCUT2D eigenvalue weighted by atomic mass is 32.2. The van der Waals surface area contributed by atoms with Gasteiger partial charge >= 0.3 is 0 Å². The molecular formula is C13H24N2O2S2. The van der Waals surface area contributed by atoms with Gasteiger partial charge in [0, 0.05) is 17.5 Å². The standard InChI is InChI=1S/C13H24N2O2S2/c1-4-5-6-7-11(2)15-19(16,17)13-8-9-18-12(13)10-14-3/h8-9,11,14-15H,4-7,10H2,1-3H3. The summed E-state index contributed by atoms with van der Waals surface area (Å²) in [5.74, 6) is 0. The minimum atomic E-state index is -3.39. The second-order valence-corrected chi connectivity index (χ2v) is 7.44. The number of hydrogen-bond acceptors (Lipinski definition) is 4. The molecule has 1 unspecified atom stereocenters. The number of rotatable bonds is 9. The lowest BCUT2D eigenvalue weighted by atomic mass is 10.1. The van der Waals surface area contributed by atoms with Gasteiger partial charge in [0.15, 0.2) is 0 Å². The maximum Gasteiger partial charge on any atom is 0.241 e. The summed E-state index contributed by atoms with van der Waals surface area (Å²) < 4.78 is 27.4. The molecule has 0 aliphatic carbocycles. The zero-order valence-electron chi connectivity index (χ0n) is 11.9. The normalized spacial score (nSPS) is 13.6. The third-order valence-corrected chi connectivity index (χ3v) is 5.65. The average molecular weight is 304 g/mol. The molecule has 1 aromatic heterocycles. The zero-order valence-corrected chi connectivity index (χ0v) is 13.5. The molecule has 4 nitrogen and oxygen atoms in total. The maximum absolute atomic E-state index is 12.3. The molecule has 0 spiro atoms. The minimum Gasteiger partial charge on any atom is -0.315 e. The maximum atomic E-state index is 12.3. The van der Waals surface area contributed by atoms with Crippen molar-refractivity contribution in [3.05, 3.63) is 16.3 Å². The zero-order chi connectivity index (χ0) is 14.3. The molecule has 0 aromatic carbocycles. The molecule has 0 saturated carbocycles. The van der Waals surface area contributed by atoms with Crippen molar-refractivity contribution in [3.63, 3.8) is 0 Å². The predicted octanol–water partition coefficient (Wildman–Crippen LogP) is 2.71. The fourth-order valence-corrected chi connectivity index (χ4v) is 4.68. The molecule has 2 N–H and O–H groups in total. The van der Waals surface area contributed by atoms with Crippen LogP contribution in [0.2, 0.25) is 0 Å². The summed E-state index contributed by atoms with van der Waals surface area (Å²) in [6.07, 6.45) is 4.25. The van der Waals surface area contributed by atoms with E-state index >= 15 is 0 Å². The second kappa shape index (κ2) is 7.99. The Morgan fingerprint density at radius 1 is 1.37 bits per heavy atom. The van der Waals surface area contributed by atoms with Crippen molar-refractivity contribution >= 4 is 21.4 Å². The van der Waals surface area contributed by atoms with Gasteiger partial charge in [-0.2, -0.15) is 0 Å². The van der Waals surface area contributed by atoms with Crippen molar-refractivity contribution in [2.24, 2.45) is 0 Å². The molecule has 6 heteroatoms. The lowest BCUT2D eigenvalue weighted by molar-refractivity contribution is 0.527. The van der Waals surface area contributed by atoms with Gasteiger partial charge in [0.1, 0.15) is 0 Å². The molecular weight excluding hydrogens is 280 g/mol. The smallest absolute Gasteiger partial charge is 0.241 e.